The highest BCUT2D eigenvalue weighted by atomic mass is 79.9. The predicted molar refractivity (Wildman–Crippen MR) is 105 cm³/mol. The molecule has 0 aliphatic heterocycles. The molecule has 0 saturated heterocycles. The van der Waals surface area contributed by atoms with Crippen LogP contribution in [0.25, 0.3) is 5.69 Å². The van der Waals surface area contributed by atoms with Crippen molar-refractivity contribution in [2.75, 3.05) is 13.1 Å². The van der Waals surface area contributed by atoms with Gasteiger partial charge >= 0.3 is 0 Å². The van der Waals surface area contributed by atoms with E-state index in [1.807, 2.05) is 24.3 Å². The molecule has 2 aromatic carbocycles. The van der Waals surface area contributed by atoms with Crippen LogP contribution in [-0.2, 0) is 10.0 Å². The zero-order valence-electron chi connectivity index (χ0n) is 14.2. The van der Waals surface area contributed by atoms with Crippen LogP contribution in [0.4, 0.5) is 0 Å². The van der Waals surface area contributed by atoms with Crippen molar-refractivity contribution in [2.24, 2.45) is 0 Å². The molecule has 7 nitrogen and oxygen atoms in total. The van der Waals surface area contributed by atoms with Gasteiger partial charge in [0.25, 0.3) is 5.91 Å². The Morgan fingerprint density at radius 1 is 1.04 bits per heavy atom. The molecular formula is C18H17BrN4O3S. The summed E-state index contributed by atoms with van der Waals surface area (Å²) >= 11 is 3.37. The van der Waals surface area contributed by atoms with Crippen LogP contribution in [0, 0.1) is 0 Å². The Balaban J connectivity index is 1.52. The fraction of sp³-hybridized carbons (Fsp3) is 0.111. The van der Waals surface area contributed by atoms with E-state index < -0.39 is 10.0 Å². The van der Waals surface area contributed by atoms with E-state index in [9.17, 15) is 13.2 Å². The van der Waals surface area contributed by atoms with Crippen LogP contribution in [0.1, 0.15) is 10.4 Å². The monoisotopic (exact) mass is 448 g/mol. The van der Waals surface area contributed by atoms with Gasteiger partial charge in [-0.05, 0) is 36.4 Å². The molecule has 27 heavy (non-hydrogen) atoms. The number of amides is 1. The molecule has 0 aliphatic carbocycles. The van der Waals surface area contributed by atoms with E-state index >= 15 is 0 Å². The first-order chi connectivity index (χ1) is 13.0. The Bertz CT molecular complexity index is 1020. The van der Waals surface area contributed by atoms with Crippen molar-refractivity contribution < 1.29 is 13.2 Å². The first-order valence-electron chi connectivity index (χ1n) is 8.09. The molecular weight excluding hydrogens is 432 g/mol. The molecule has 1 heterocycles. The van der Waals surface area contributed by atoms with E-state index in [1.165, 1.54) is 18.3 Å². The second-order valence-corrected chi connectivity index (χ2v) is 8.30. The summed E-state index contributed by atoms with van der Waals surface area (Å²) in [6.07, 6.45) is 3.08. The van der Waals surface area contributed by atoms with Gasteiger partial charge in [-0.15, -0.1) is 0 Å². The van der Waals surface area contributed by atoms with Crippen molar-refractivity contribution >= 4 is 31.9 Å². The lowest BCUT2D eigenvalue weighted by Crippen LogP contribution is -2.34. The molecule has 0 saturated carbocycles. The number of rotatable bonds is 7. The standard InChI is InChI=1S/C18H17BrN4O3S/c19-15-6-8-16(9-7-15)23-13-14(12-21-23)18(24)20-10-11-22-27(25,26)17-4-2-1-3-5-17/h1-9,12-13,22H,10-11H2,(H,20,24). The topological polar surface area (TPSA) is 93.1 Å². The van der Waals surface area contributed by atoms with Gasteiger partial charge in [0.05, 0.1) is 22.3 Å². The van der Waals surface area contributed by atoms with Gasteiger partial charge in [0.15, 0.2) is 0 Å². The summed E-state index contributed by atoms with van der Waals surface area (Å²) in [5.74, 6) is -0.322. The number of hydrogen-bond acceptors (Lipinski definition) is 4. The summed E-state index contributed by atoms with van der Waals surface area (Å²) in [4.78, 5) is 12.4. The number of carbonyl (C=O) groups excluding carboxylic acids is 1. The van der Waals surface area contributed by atoms with Crippen LogP contribution in [0.5, 0.6) is 0 Å². The summed E-state index contributed by atoms with van der Waals surface area (Å²) < 4.78 is 29.2. The maximum absolute atomic E-state index is 12.2. The molecule has 3 rings (SSSR count). The van der Waals surface area contributed by atoms with Gasteiger partial charge < -0.3 is 5.32 Å². The van der Waals surface area contributed by atoms with Gasteiger partial charge in [-0.25, -0.2) is 17.8 Å². The van der Waals surface area contributed by atoms with Crippen molar-refractivity contribution in [1.82, 2.24) is 19.8 Å². The van der Waals surface area contributed by atoms with E-state index in [-0.39, 0.29) is 23.9 Å². The third-order valence-electron chi connectivity index (χ3n) is 3.69. The number of benzene rings is 2. The molecule has 0 fully saturated rings. The number of aromatic nitrogens is 2. The van der Waals surface area contributed by atoms with Gasteiger partial charge in [0.2, 0.25) is 10.0 Å². The summed E-state index contributed by atoms with van der Waals surface area (Å²) in [6.45, 7) is 0.248. The smallest absolute Gasteiger partial charge is 0.254 e. The quantitative estimate of drug-likeness (QED) is 0.542. The third kappa shape index (κ3) is 5.03. The van der Waals surface area contributed by atoms with E-state index in [1.54, 1.807) is 29.1 Å². The van der Waals surface area contributed by atoms with Crippen LogP contribution >= 0.6 is 15.9 Å². The minimum Gasteiger partial charge on any atom is -0.351 e. The maximum Gasteiger partial charge on any atom is 0.254 e. The third-order valence-corrected chi connectivity index (χ3v) is 5.70. The number of nitrogens with one attached hydrogen (secondary N) is 2. The summed E-state index contributed by atoms with van der Waals surface area (Å²) in [7, 11) is -3.58. The Morgan fingerprint density at radius 2 is 1.74 bits per heavy atom. The molecule has 0 unspecified atom stereocenters. The lowest BCUT2D eigenvalue weighted by Gasteiger charge is -2.07. The summed E-state index contributed by atoms with van der Waals surface area (Å²) in [5, 5.41) is 6.84. The highest BCUT2D eigenvalue weighted by Crippen LogP contribution is 2.14. The number of nitrogens with zero attached hydrogens (tertiary/aromatic N) is 2. The van der Waals surface area contributed by atoms with Crippen molar-refractivity contribution in [3.63, 3.8) is 0 Å². The summed E-state index contributed by atoms with van der Waals surface area (Å²) in [6, 6.07) is 15.6. The predicted octanol–water partition coefficient (Wildman–Crippen LogP) is 2.34. The Kier molecular flexibility index (Phi) is 6.04. The van der Waals surface area contributed by atoms with Gasteiger partial charge in [-0.2, -0.15) is 5.10 Å². The van der Waals surface area contributed by atoms with Crippen LogP contribution in [0.3, 0.4) is 0 Å². The van der Waals surface area contributed by atoms with Crippen LogP contribution < -0.4 is 10.0 Å². The normalized spacial score (nSPS) is 11.3. The highest BCUT2D eigenvalue weighted by Gasteiger charge is 2.13. The van der Waals surface area contributed by atoms with E-state index in [2.05, 4.69) is 31.1 Å². The number of sulfonamides is 1. The highest BCUT2D eigenvalue weighted by molar-refractivity contribution is 9.10. The van der Waals surface area contributed by atoms with Gasteiger partial charge in [0.1, 0.15) is 0 Å². The number of hydrogen-bond donors (Lipinski definition) is 2. The van der Waals surface area contributed by atoms with Crippen molar-refractivity contribution in [3.05, 3.63) is 77.0 Å². The fourth-order valence-corrected chi connectivity index (χ4v) is 3.64. The summed E-state index contributed by atoms with van der Waals surface area (Å²) in [5.41, 5.74) is 1.22. The lowest BCUT2D eigenvalue weighted by molar-refractivity contribution is 0.0954. The van der Waals surface area contributed by atoms with Crippen molar-refractivity contribution in [1.29, 1.82) is 0 Å². The number of halogens is 1. The molecule has 0 aliphatic rings. The Hall–Kier alpha value is -2.49. The van der Waals surface area contributed by atoms with Crippen LogP contribution in [0.15, 0.2) is 76.4 Å². The lowest BCUT2D eigenvalue weighted by atomic mass is 10.3. The molecule has 9 heteroatoms. The minimum atomic E-state index is -3.58. The molecule has 0 bridgehead atoms. The van der Waals surface area contributed by atoms with Crippen molar-refractivity contribution in [2.45, 2.75) is 4.90 Å². The zero-order valence-corrected chi connectivity index (χ0v) is 16.6. The Morgan fingerprint density at radius 3 is 2.44 bits per heavy atom. The second kappa shape index (κ2) is 8.47. The second-order valence-electron chi connectivity index (χ2n) is 5.62. The molecule has 140 valence electrons. The van der Waals surface area contributed by atoms with E-state index in [4.69, 9.17) is 0 Å². The maximum atomic E-state index is 12.2. The average molecular weight is 449 g/mol. The van der Waals surface area contributed by atoms with Crippen LogP contribution in [0.2, 0.25) is 0 Å². The van der Waals surface area contributed by atoms with E-state index in [0.29, 0.717) is 5.56 Å². The van der Waals surface area contributed by atoms with Gasteiger partial charge in [-0.1, -0.05) is 34.1 Å². The Labute approximate surface area is 165 Å². The van der Waals surface area contributed by atoms with Crippen molar-refractivity contribution in [3.8, 4) is 5.69 Å². The average Bonchev–Trinajstić information content (AvgIpc) is 3.17. The first kappa shape index (κ1) is 19.3. The van der Waals surface area contributed by atoms with E-state index in [0.717, 1.165) is 10.2 Å². The molecule has 2 N–H and O–H groups in total. The molecule has 1 amide bonds. The molecule has 0 atom stereocenters. The largest absolute Gasteiger partial charge is 0.351 e. The van der Waals surface area contributed by atoms with Gasteiger partial charge in [-0.3, -0.25) is 4.79 Å². The number of carbonyl (C=O) groups is 1. The SMILES string of the molecule is O=C(NCCNS(=O)(=O)c1ccccc1)c1cnn(-c2ccc(Br)cc2)c1. The molecule has 0 spiro atoms. The first-order valence-corrected chi connectivity index (χ1v) is 10.4. The molecule has 0 radical (unpaired) electrons. The van der Waals surface area contributed by atoms with Crippen LogP contribution in [-0.4, -0.2) is 37.2 Å². The minimum absolute atomic E-state index is 0.0871. The fourth-order valence-electron chi connectivity index (χ4n) is 2.32. The molecule has 3 aromatic rings. The van der Waals surface area contributed by atoms with Gasteiger partial charge in [0, 0.05) is 23.8 Å². The zero-order chi connectivity index (χ0) is 19.3. The molecule has 1 aromatic heterocycles.